The molecule has 0 bridgehead atoms. The van der Waals surface area contributed by atoms with Crippen LogP contribution in [0.2, 0.25) is 0 Å². The van der Waals surface area contributed by atoms with Crippen molar-refractivity contribution in [2.75, 3.05) is 76.7 Å². The second kappa shape index (κ2) is 22.3. The number of hydrogen-bond donors (Lipinski definition) is 0. The van der Waals surface area contributed by atoms with Gasteiger partial charge in [0, 0.05) is 84.9 Å². The average Bonchev–Trinajstić information content (AvgIpc) is 3.25. The quantitative estimate of drug-likeness (QED) is 0.0976. The molecule has 1 atom stereocenters. The van der Waals surface area contributed by atoms with Crippen LogP contribution in [0.25, 0.3) is 10.9 Å². The van der Waals surface area contributed by atoms with Crippen molar-refractivity contribution in [3.05, 3.63) is 48.4 Å². The number of fused-ring (bicyclic) bond motifs is 1. The highest BCUT2D eigenvalue weighted by Crippen LogP contribution is 2.39. The van der Waals surface area contributed by atoms with Crippen LogP contribution in [0.1, 0.15) is 117 Å². The molecule has 12 heteroatoms. The molecule has 0 unspecified atom stereocenters. The van der Waals surface area contributed by atoms with Crippen LogP contribution in [0.3, 0.4) is 0 Å². The van der Waals surface area contributed by atoms with Gasteiger partial charge in [-0.1, -0.05) is 84.5 Å². The Morgan fingerprint density at radius 1 is 0.741 bits per heavy atom. The molecule has 3 saturated heterocycles. The highest BCUT2D eigenvalue weighted by molar-refractivity contribution is 7.91. The number of halogens is 1. The lowest BCUT2D eigenvalue weighted by atomic mass is 9.96. The highest BCUT2D eigenvalue weighted by atomic mass is 32.2. The standard InChI is InChI=1S/C46H70FN5O4S2/c1-4-6-7-8-9-10-11-12-13-14-15-16-33-56-44-20-18-40(35-42(44)47)58(54,55)45-36-48-43-19-17-39(57(3)53)34-41(43)46(45)52-27-23-37(24-28-52)50-25-21-38(22-26-50)51-31-29-49(5-2)30-32-51/h17-20,34-38H,4-16,21-33H2,1-3H3/t57-/m0/s1. The highest BCUT2D eigenvalue weighted by Gasteiger charge is 2.34. The number of likely N-dealkylation sites (N-methyl/N-ethyl adjacent to an activating group) is 1. The predicted octanol–water partition coefficient (Wildman–Crippen LogP) is 9.09. The first-order chi connectivity index (χ1) is 28.2. The fraction of sp³-hybridized carbons (Fsp3) is 0.674. The summed E-state index contributed by atoms with van der Waals surface area (Å²) in [6.45, 7) is 14.3. The third-order valence-electron chi connectivity index (χ3n) is 13.0. The predicted molar refractivity (Wildman–Crippen MR) is 236 cm³/mol. The number of piperazine rings is 1. The summed E-state index contributed by atoms with van der Waals surface area (Å²) in [6, 6.07) is 10.5. The Morgan fingerprint density at radius 3 is 1.91 bits per heavy atom. The van der Waals surface area contributed by atoms with Crippen LogP contribution in [0.4, 0.5) is 10.1 Å². The Morgan fingerprint density at radius 2 is 1.33 bits per heavy atom. The normalized spacial score (nSPS) is 18.9. The van der Waals surface area contributed by atoms with Crippen molar-refractivity contribution < 1.29 is 21.8 Å². The van der Waals surface area contributed by atoms with Crippen LogP contribution in [0.5, 0.6) is 5.75 Å². The summed E-state index contributed by atoms with van der Waals surface area (Å²) < 4.78 is 62.9. The number of ether oxygens (including phenoxy) is 1. The van der Waals surface area contributed by atoms with E-state index in [-0.39, 0.29) is 15.5 Å². The fourth-order valence-electron chi connectivity index (χ4n) is 9.37. The van der Waals surface area contributed by atoms with Gasteiger partial charge in [-0.05, 0) is 88.1 Å². The van der Waals surface area contributed by atoms with Crippen LogP contribution in [0.15, 0.2) is 57.3 Å². The third kappa shape index (κ3) is 11.8. The van der Waals surface area contributed by atoms with E-state index in [2.05, 4.69) is 38.4 Å². The minimum atomic E-state index is -4.18. The Balaban J connectivity index is 1.07. The van der Waals surface area contributed by atoms with E-state index in [0.29, 0.717) is 53.3 Å². The molecule has 9 nitrogen and oxygen atoms in total. The summed E-state index contributed by atoms with van der Waals surface area (Å²) >= 11 is 0. The lowest BCUT2D eigenvalue weighted by Crippen LogP contribution is -2.55. The molecule has 0 spiro atoms. The van der Waals surface area contributed by atoms with Crippen LogP contribution < -0.4 is 9.64 Å². The third-order valence-corrected chi connectivity index (χ3v) is 15.7. The monoisotopic (exact) mass is 839 g/mol. The second-order valence-electron chi connectivity index (χ2n) is 16.9. The Bertz CT molecular complexity index is 1870. The molecule has 2 aromatic carbocycles. The summed E-state index contributed by atoms with van der Waals surface area (Å²) in [5.41, 5.74) is 1.20. The van der Waals surface area contributed by atoms with Crippen molar-refractivity contribution in [2.24, 2.45) is 0 Å². The van der Waals surface area contributed by atoms with Crippen molar-refractivity contribution in [3.8, 4) is 5.75 Å². The van der Waals surface area contributed by atoms with Crippen molar-refractivity contribution in [3.63, 3.8) is 0 Å². The molecule has 6 rings (SSSR count). The topological polar surface area (TPSA) is 86.3 Å². The van der Waals surface area contributed by atoms with Gasteiger partial charge in [0.2, 0.25) is 9.84 Å². The number of pyridine rings is 1. The van der Waals surface area contributed by atoms with Crippen LogP contribution in [-0.2, 0) is 20.6 Å². The number of benzene rings is 2. The maximum absolute atomic E-state index is 15.5. The zero-order chi connectivity index (χ0) is 40.9. The summed E-state index contributed by atoms with van der Waals surface area (Å²) in [7, 11) is -5.45. The first-order valence-corrected chi connectivity index (χ1v) is 25.6. The summed E-state index contributed by atoms with van der Waals surface area (Å²) in [5, 5.41) is 0.652. The van der Waals surface area contributed by atoms with Crippen LogP contribution >= 0.6 is 0 Å². The molecule has 4 heterocycles. The molecule has 1 aromatic heterocycles. The second-order valence-corrected chi connectivity index (χ2v) is 20.2. The molecule has 0 saturated carbocycles. The number of anilines is 1. The number of sulfone groups is 1. The molecular formula is C46H70FN5O4S2. The molecule has 322 valence electrons. The Kier molecular flexibility index (Phi) is 17.2. The van der Waals surface area contributed by atoms with E-state index in [9.17, 15) is 12.6 Å². The molecular weight excluding hydrogens is 770 g/mol. The molecule has 0 aliphatic carbocycles. The number of hydrogen-bond acceptors (Lipinski definition) is 9. The van der Waals surface area contributed by atoms with E-state index in [0.717, 1.165) is 57.8 Å². The molecule has 3 fully saturated rings. The summed E-state index contributed by atoms with van der Waals surface area (Å²) in [5.74, 6) is -0.620. The molecule has 0 radical (unpaired) electrons. The number of piperidine rings is 2. The minimum absolute atomic E-state index is 0.0473. The van der Waals surface area contributed by atoms with Gasteiger partial charge in [-0.3, -0.25) is 14.1 Å². The van der Waals surface area contributed by atoms with E-state index in [1.54, 1.807) is 12.3 Å². The Hall–Kier alpha value is -2.64. The van der Waals surface area contributed by atoms with E-state index in [1.165, 1.54) is 115 Å². The molecule has 3 aliphatic heterocycles. The van der Waals surface area contributed by atoms with Gasteiger partial charge in [0.15, 0.2) is 11.6 Å². The maximum atomic E-state index is 15.5. The van der Waals surface area contributed by atoms with Crippen molar-refractivity contribution in [1.82, 2.24) is 19.7 Å². The van der Waals surface area contributed by atoms with E-state index < -0.39 is 26.5 Å². The molecule has 3 aliphatic rings. The van der Waals surface area contributed by atoms with Gasteiger partial charge >= 0.3 is 0 Å². The lowest BCUT2D eigenvalue weighted by molar-refractivity contribution is 0.0449. The lowest BCUT2D eigenvalue weighted by Gasteiger charge is -2.46. The largest absolute Gasteiger partial charge is 0.491 e. The maximum Gasteiger partial charge on any atom is 0.210 e. The zero-order valence-electron chi connectivity index (χ0n) is 35.6. The fourth-order valence-corrected chi connectivity index (χ4v) is 11.4. The van der Waals surface area contributed by atoms with Crippen molar-refractivity contribution in [2.45, 2.75) is 143 Å². The SMILES string of the molecule is CCCCCCCCCCCCCCOc1ccc(S(=O)(=O)c2cnc3ccc([S@](C)=O)cc3c2N2CCC(N3CCC(N4CCN(CC)CC4)CC3)CC2)cc1F. The molecule has 3 aromatic rings. The first kappa shape index (κ1) is 44.9. The first-order valence-electron chi connectivity index (χ1n) is 22.6. The van der Waals surface area contributed by atoms with Gasteiger partial charge in [0.05, 0.1) is 22.7 Å². The minimum Gasteiger partial charge on any atom is -0.491 e. The van der Waals surface area contributed by atoms with Gasteiger partial charge in [0.1, 0.15) is 4.90 Å². The van der Waals surface area contributed by atoms with Crippen LogP contribution in [0, 0.1) is 5.82 Å². The van der Waals surface area contributed by atoms with Gasteiger partial charge < -0.3 is 19.4 Å². The van der Waals surface area contributed by atoms with Crippen LogP contribution in [-0.4, -0.2) is 116 Å². The van der Waals surface area contributed by atoms with Crippen molar-refractivity contribution in [1.29, 1.82) is 0 Å². The summed E-state index contributed by atoms with van der Waals surface area (Å²) in [4.78, 5) is 15.2. The number of nitrogens with zero attached hydrogens (tertiary/aromatic N) is 5. The van der Waals surface area contributed by atoms with Crippen molar-refractivity contribution >= 4 is 37.2 Å². The number of aromatic nitrogens is 1. The van der Waals surface area contributed by atoms with Gasteiger partial charge in [-0.15, -0.1) is 0 Å². The van der Waals surface area contributed by atoms with Gasteiger partial charge in [-0.2, -0.15) is 0 Å². The van der Waals surface area contributed by atoms with E-state index in [4.69, 9.17) is 4.74 Å². The number of unbranched alkanes of at least 4 members (excludes halogenated alkanes) is 11. The van der Waals surface area contributed by atoms with Gasteiger partial charge in [-0.25, -0.2) is 12.8 Å². The zero-order valence-corrected chi connectivity index (χ0v) is 37.3. The number of likely N-dealkylation sites (tertiary alicyclic amines) is 1. The molecule has 58 heavy (non-hydrogen) atoms. The smallest absolute Gasteiger partial charge is 0.210 e. The molecule has 0 N–H and O–H groups in total. The van der Waals surface area contributed by atoms with E-state index in [1.807, 2.05) is 12.1 Å². The summed E-state index contributed by atoms with van der Waals surface area (Å²) in [6.07, 6.45) is 22.1. The van der Waals surface area contributed by atoms with Gasteiger partial charge in [0.25, 0.3) is 0 Å². The number of rotatable bonds is 21. The molecule has 0 amide bonds. The Labute approximate surface area is 351 Å². The average molecular weight is 840 g/mol. The van der Waals surface area contributed by atoms with E-state index >= 15 is 4.39 Å².